The van der Waals surface area contributed by atoms with E-state index < -0.39 is 0 Å². The highest BCUT2D eigenvalue weighted by molar-refractivity contribution is 9.10. The van der Waals surface area contributed by atoms with E-state index in [0.717, 1.165) is 72.9 Å². The molecule has 3 aromatic rings. The average Bonchev–Trinajstić information content (AvgIpc) is 3.35. The Hall–Kier alpha value is -1.74. The van der Waals surface area contributed by atoms with E-state index in [1.807, 2.05) is 12.1 Å². The molecule has 1 aromatic carbocycles. The van der Waals surface area contributed by atoms with Gasteiger partial charge in [0, 0.05) is 16.7 Å². The predicted molar refractivity (Wildman–Crippen MR) is 131 cm³/mol. The van der Waals surface area contributed by atoms with E-state index in [-0.39, 0.29) is 11.1 Å². The lowest BCUT2D eigenvalue weighted by atomic mass is 10.1. The molecule has 1 aliphatic carbocycles. The number of rotatable bonds is 10. The van der Waals surface area contributed by atoms with Gasteiger partial charge >= 0.3 is 0 Å². The molecule has 0 radical (unpaired) electrons. The van der Waals surface area contributed by atoms with Crippen molar-refractivity contribution in [2.45, 2.75) is 38.1 Å². The van der Waals surface area contributed by atoms with Crippen LogP contribution >= 0.6 is 27.5 Å². The third-order valence-corrected chi connectivity index (χ3v) is 6.95. The Labute approximate surface area is 201 Å². The summed E-state index contributed by atoms with van der Waals surface area (Å²) in [6.45, 7) is 3.92. The third kappa shape index (κ3) is 5.78. The predicted octanol–water partition coefficient (Wildman–Crippen LogP) is 4.72. The van der Waals surface area contributed by atoms with Gasteiger partial charge in [0.2, 0.25) is 5.28 Å². The second-order valence-corrected chi connectivity index (χ2v) is 9.67. The summed E-state index contributed by atoms with van der Waals surface area (Å²) in [7, 11) is 0. The Morgan fingerprint density at radius 3 is 2.72 bits per heavy atom. The number of halogens is 3. The summed E-state index contributed by atoms with van der Waals surface area (Å²) < 4.78 is 16.0. The van der Waals surface area contributed by atoms with Crippen LogP contribution in [0.25, 0.3) is 11.0 Å². The molecule has 4 N–H and O–H groups in total. The molecule has 2 atom stereocenters. The molecule has 1 saturated carbocycles. The molecule has 0 bridgehead atoms. The number of nitrogens with one attached hydrogen (secondary N) is 2. The van der Waals surface area contributed by atoms with E-state index >= 15 is 0 Å². The summed E-state index contributed by atoms with van der Waals surface area (Å²) in [6, 6.07) is 7.12. The number of hydrogen-bond donors (Lipinski definition) is 3. The first-order valence-corrected chi connectivity index (χ1v) is 12.3. The van der Waals surface area contributed by atoms with Crippen LogP contribution in [-0.4, -0.2) is 40.7 Å². The van der Waals surface area contributed by atoms with Crippen LogP contribution in [-0.2, 0) is 6.42 Å². The first kappa shape index (κ1) is 23.4. The molecule has 32 heavy (non-hydrogen) atoms. The number of nitrogens with zero attached hydrogens (tertiary/aromatic N) is 3. The molecule has 0 saturated heterocycles. The fourth-order valence-corrected chi connectivity index (χ4v) is 5.29. The van der Waals surface area contributed by atoms with E-state index in [2.05, 4.69) is 47.3 Å². The van der Waals surface area contributed by atoms with Crippen molar-refractivity contribution in [2.24, 2.45) is 5.92 Å². The van der Waals surface area contributed by atoms with Gasteiger partial charge in [0.1, 0.15) is 17.3 Å². The van der Waals surface area contributed by atoms with Crippen LogP contribution in [0.1, 0.15) is 37.3 Å². The SMILES string of the molecule is Nc1nc(Cl)nc2c1c(Br)cn2C1CCC(CNCCCNCCc2ccc(F)cc2)C1. The largest absolute Gasteiger partial charge is 0.383 e. The number of aromatic nitrogens is 3. The van der Waals surface area contributed by atoms with E-state index in [9.17, 15) is 4.39 Å². The van der Waals surface area contributed by atoms with Gasteiger partial charge in [-0.2, -0.15) is 4.98 Å². The molecule has 172 valence electrons. The highest BCUT2D eigenvalue weighted by Gasteiger charge is 2.28. The minimum atomic E-state index is -0.181. The van der Waals surface area contributed by atoms with Crippen molar-refractivity contribution in [3.63, 3.8) is 0 Å². The molecular weight excluding hydrogens is 495 g/mol. The Morgan fingerprint density at radius 1 is 1.12 bits per heavy atom. The van der Waals surface area contributed by atoms with Gasteiger partial charge in [0.25, 0.3) is 0 Å². The van der Waals surface area contributed by atoms with Gasteiger partial charge in [0.15, 0.2) is 0 Å². The Bertz CT molecular complexity index is 1040. The third-order valence-electron chi connectivity index (χ3n) is 6.18. The maximum absolute atomic E-state index is 12.9. The Balaban J connectivity index is 1.15. The van der Waals surface area contributed by atoms with Gasteiger partial charge in [0.05, 0.1) is 5.39 Å². The van der Waals surface area contributed by atoms with Crippen molar-refractivity contribution in [3.8, 4) is 0 Å². The van der Waals surface area contributed by atoms with E-state index in [1.54, 1.807) is 0 Å². The summed E-state index contributed by atoms with van der Waals surface area (Å²) in [5, 5.41) is 8.09. The molecular formula is C23H29BrClFN6. The van der Waals surface area contributed by atoms with E-state index in [0.29, 0.717) is 17.8 Å². The van der Waals surface area contributed by atoms with E-state index in [4.69, 9.17) is 17.3 Å². The number of benzene rings is 1. The smallest absolute Gasteiger partial charge is 0.226 e. The summed E-state index contributed by atoms with van der Waals surface area (Å²) in [6.07, 6.45) is 7.49. The molecule has 6 nitrogen and oxygen atoms in total. The molecule has 9 heteroatoms. The number of anilines is 1. The minimum Gasteiger partial charge on any atom is -0.383 e. The summed E-state index contributed by atoms with van der Waals surface area (Å²) in [4.78, 5) is 8.50. The Kier molecular flexibility index (Phi) is 7.99. The first-order chi connectivity index (χ1) is 15.5. The zero-order chi connectivity index (χ0) is 22.5. The molecule has 4 rings (SSSR count). The van der Waals surface area contributed by atoms with Crippen molar-refractivity contribution < 1.29 is 4.39 Å². The lowest BCUT2D eigenvalue weighted by Gasteiger charge is -2.15. The highest BCUT2D eigenvalue weighted by Crippen LogP contribution is 2.39. The first-order valence-electron chi connectivity index (χ1n) is 11.2. The second kappa shape index (κ2) is 10.9. The summed E-state index contributed by atoms with van der Waals surface area (Å²) in [5.41, 5.74) is 8.01. The molecule has 0 spiro atoms. The van der Waals surface area contributed by atoms with Crippen LogP contribution in [0, 0.1) is 11.7 Å². The highest BCUT2D eigenvalue weighted by atomic mass is 79.9. The van der Waals surface area contributed by atoms with Crippen LogP contribution < -0.4 is 16.4 Å². The zero-order valence-corrected chi connectivity index (χ0v) is 20.3. The van der Waals surface area contributed by atoms with Crippen molar-refractivity contribution >= 4 is 44.4 Å². The normalized spacial score (nSPS) is 18.6. The van der Waals surface area contributed by atoms with Crippen molar-refractivity contribution in [1.82, 2.24) is 25.2 Å². The number of fused-ring (bicyclic) bond motifs is 1. The number of nitrogen functional groups attached to an aromatic ring is 1. The monoisotopic (exact) mass is 522 g/mol. The van der Waals surface area contributed by atoms with E-state index in [1.165, 1.54) is 18.6 Å². The maximum atomic E-state index is 12.9. The maximum Gasteiger partial charge on any atom is 0.226 e. The topological polar surface area (TPSA) is 80.8 Å². The van der Waals surface area contributed by atoms with Gasteiger partial charge in [-0.1, -0.05) is 12.1 Å². The van der Waals surface area contributed by atoms with Crippen molar-refractivity contribution in [1.29, 1.82) is 0 Å². The molecule has 2 heterocycles. The fourth-order valence-electron chi connectivity index (χ4n) is 4.52. The fraction of sp³-hybridized carbons (Fsp3) is 0.478. The molecule has 1 aliphatic rings. The Morgan fingerprint density at radius 2 is 1.91 bits per heavy atom. The van der Waals surface area contributed by atoms with Crippen LogP contribution in [0.2, 0.25) is 5.28 Å². The average molecular weight is 524 g/mol. The molecule has 0 amide bonds. The van der Waals surface area contributed by atoms with Crippen LogP contribution in [0.15, 0.2) is 34.9 Å². The van der Waals surface area contributed by atoms with Gasteiger partial charge in [-0.15, -0.1) is 0 Å². The van der Waals surface area contributed by atoms with Gasteiger partial charge in [-0.3, -0.25) is 0 Å². The number of hydrogen-bond acceptors (Lipinski definition) is 5. The van der Waals surface area contributed by atoms with Gasteiger partial charge in [-0.25, -0.2) is 9.37 Å². The lowest BCUT2D eigenvalue weighted by molar-refractivity contribution is 0.452. The van der Waals surface area contributed by atoms with Crippen LogP contribution in [0.3, 0.4) is 0 Å². The van der Waals surface area contributed by atoms with Gasteiger partial charge < -0.3 is 20.9 Å². The van der Waals surface area contributed by atoms with Crippen LogP contribution in [0.4, 0.5) is 10.2 Å². The number of nitrogens with two attached hydrogens (primary N) is 1. The molecule has 1 fully saturated rings. The van der Waals surface area contributed by atoms with Crippen molar-refractivity contribution in [2.75, 3.05) is 31.9 Å². The summed E-state index contributed by atoms with van der Waals surface area (Å²) in [5.74, 6) is 0.879. The minimum absolute atomic E-state index is 0.181. The van der Waals surface area contributed by atoms with Gasteiger partial charge in [-0.05, 0) is 109 Å². The molecule has 2 aromatic heterocycles. The molecule has 0 aliphatic heterocycles. The van der Waals surface area contributed by atoms with Crippen LogP contribution in [0.5, 0.6) is 0 Å². The quantitative estimate of drug-likeness (QED) is 0.265. The molecule has 2 unspecified atom stereocenters. The zero-order valence-electron chi connectivity index (χ0n) is 18.0. The lowest BCUT2D eigenvalue weighted by Crippen LogP contribution is -2.26. The standard InChI is InChI=1S/C23H29BrClFN6/c24-19-14-32(22-20(19)21(27)30-23(25)31-22)18-7-4-16(12-18)13-29-10-1-9-28-11-8-15-2-5-17(26)6-3-15/h2-3,5-6,14,16,18,28-29H,1,4,7-13H2,(H2,27,30,31). The van der Waals surface area contributed by atoms with Crippen molar-refractivity contribution in [3.05, 3.63) is 51.6 Å². The second-order valence-electron chi connectivity index (χ2n) is 8.48. The summed E-state index contributed by atoms with van der Waals surface area (Å²) >= 11 is 9.64.